The van der Waals surface area contributed by atoms with Gasteiger partial charge in [-0.25, -0.2) is 4.79 Å². The molecule has 0 radical (unpaired) electrons. The average molecular weight is 292 g/mol. The minimum atomic E-state index is -0.705. The minimum absolute atomic E-state index is 0.195. The highest BCUT2D eigenvalue weighted by molar-refractivity contribution is 5.81. The predicted octanol–water partition coefficient (Wildman–Crippen LogP) is 2.75. The molecule has 118 valence electrons. The van der Waals surface area contributed by atoms with Gasteiger partial charge in [0.2, 0.25) is 0 Å². The Balaban J connectivity index is 3.00. The van der Waals surface area contributed by atoms with E-state index in [0.717, 1.165) is 18.8 Å². The van der Waals surface area contributed by atoms with Crippen LogP contribution in [0.5, 0.6) is 0 Å². The van der Waals surface area contributed by atoms with Crippen LogP contribution in [0.15, 0.2) is 24.3 Å². The number of para-hydroxylation sites is 1. The molecule has 0 saturated heterocycles. The fourth-order valence-electron chi connectivity index (χ4n) is 2.54. The second-order valence-corrected chi connectivity index (χ2v) is 5.38. The predicted molar refractivity (Wildman–Crippen MR) is 87.8 cm³/mol. The highest BCUT2D eigenvalue weighted by atomic mass is 16.5. The van der Waals surface area contributed by atoms with Crippen LogP contribution in [0, 0.1) is 6.92 Å². The maximum absolute atomic E-state index is 12.3. The molecule has 1 unspecified atom stereocenters. The lowest BCUT2D eigenvalue weighted by Crippen LogP contribution is -2.57. The Labute approximate surface area is 128 Å². The summed E-state index contributed by atoms with van der Waals surface area (Å²) in [6.45, 7) is 12.5. The third-order valence-electron chi connectivity index (χ3n) is 3.64. The van der Waals surface area contributed by atoms with Crippen molar-refractivity contribution < 1.29 is 9.53 Å². The zero-order valence-electron chi connectivity index (χ0n) is 13.9. The Morgan fingerprint density at radius 3 is 2.48 bits per heavy atom. The lowest BCUT2D eigenvalue weighted by molar-refractivity contribution is -0.150. The molecule has 0 aliphatic rings. The summed E-state index contributed by atoms with van der Waals surface area (Å²) < 4.78 is 5.24. The first-order valence-corrected chi connectivity index (χ1v) is 7.71. The van der Waals surface area contributed by atoms with E-state index in [0.29, 0.717) is 13.2 Å². The Morgan fingerprint density at radius 1 is 1.29 bits per heavy atom. The number of aryl methyl sites for hydroxylation is 1. The molecule has 1 aromatic rings. The number of carbonyl (C=O) groups excluding carboxylic acids is 1. The molecule has 1 rings (SSSR count). The fourth-order valence-corrected chi connectivity index (χ4v) is 2.54. The summed E-state index contributed by atoms with van der Waals surface area (Å²) in [6, 6.07) is 8.24. The van der Waals surface area contributed by atoms with Gasteiger partial charge in [-0.2, -0.15) is 0 Å². The van der Waals surface area contributed by atoms with Crippen molar-refractivity contribution >= 4 is 11.7 Å². The quantitative estimate of drug-likeness (QED) is 0.748. The van der Waals surface area contributed by atoms with Gasteiger partial charge in [0.15, 0.2) is 0 Å². The van der Waals surface area contributed by atoms with Gasteiger partial charge >= 0.3 is 5.97 Å². The van der Waals surface area contributed by atoms with Gasteiger partial charge < -0.3 is 15.0 Å². The molecule has 1 atom stereocenters. The third-order valence-corrected chi connectivity index (χ3v) is 3.64. The highest BCUT2D eigenvalue weighted by Gasteiger charge is 2.35. The van der Waals surface area contributed by atoms with Crippen LogP contribution in [0.1, 0.15) is 33.3 Å². The van der Waals surface area contributed by atoms with Crippen molar-refractivity contribution in [2.24, 2.45) is 0 Å². The van der Waals surface area contributed by atoms with Gasteiger partial charge in [-0.1, -0.05) is 25.1 Å². The number of hydrogen-bond donors (Lipinski definition) is 1. The molecule has 21 heavy (non-hydrogen) atoms. The zero-order chi connectivity index (χ0) is 15.9. The Morgan fingerprint density at radius 2 is 1.95 bits per heavy atom. The van der Waals surface area contributed by atoms with E-state index in [4.69, 9.17) is 4.74 Å². The van der Waals surface area contributed by atoms with Crippen molar-refractivity contribution in [2.75, 3.05) is 31.1 Å². The number of ether oxygens (including phenoxy) is 1. The lowest BCUT2D eigenvalue weighted by atomic mass is 10.0. The van der Waals surface area contributed by atoms with E-state index in [-0.39, 0.29) is 5.97 Å². The van der Waals surface area contributed by atoms with E-state index in [1.165, 1.54) is 5.56 Å². The van der Waals surface area contributed by atoms with Crippen LogP contribution in [-0.4, -0.2) is 37.7 Å². The molecular formula is C17H28N2O2. The van der Waals surface area contributed by atoms with Crippen LogP contribution in [-0.2, 0) is 9.53 Å². The van der Waals surface area contributed by atoms with Crippen LogP contribution < -0.4 is 10.2 Å². The first-order chi connectivity index (χ1) is 9.98. The molecular weight excluding hydrogens is 264 g/mol. The molecule has 0 amide bonds. The Kier molecular flexibility index (Phi) is 6.69. The van der Waals surface area contributed by atoms with Gasteiger partial charge in [-0.3, -0.25) is 0 Å². The molecule has 1 aromatic carbocycles. The smallest absolute Gasteiger partial charge is 0.327 e. The molecule has 0 fully saturated rings. The summed E-state index contributed by atoms with van der Waals surface area (Å²) in [7, 11) is 0. The van der Waals surface area contributed by atoms with Crippen molar-refractivity contribution in [1.29, 1.82) is 0 Å². The normalized spacial score (nSPS) is 13.6. The van der Waals surface area contributed by atoms with Crippen LogP contribution in [0.2, 0.25) is 0 Å². The number of rotatable bonds is 8. The van der Waals surface area contributed by atoms with Crippen LogP contribution in [0.4, 0.5) is 5.69 Å². The summed E-state index contributed by atoms with van der Waals surface area (Å²) in [5.41, 5.74) is 1.67. The number of nitrogens with zero attached hydrogens (tertiary/aromatic N) is 1. The minimum Gasteiger partial charge on any atom is -0.465 e. The van der Waals surface area contributed by atoms with Crippen molar-refractivity contribution in [2.45, 2.75) is 40.2 Å². The Hall–Kier alpha value is -1.55. The number of esters is 1. The molecule has 4 nitrogen and oxygen atoms in total. The van der Waals surface area contributed by atoms with Crippen molar-refractivity contribution in [3.8, 4) is 0 Å². The Bertz CT molecular complexity index is 462. The fraction of sp³-hybridized carbons (Fsp3) is 0.588. The molecule has 0 aromatic heterocycles. The van der Waals surface area contributed by atoms with Crippen molar-refractivity contribution in [3.05, 3.63) is 29.8 Å². The molecule has 0 aliphatic heterocycles. The van der Waals surface area contributed by atoms with Crippen LogP contribution >= 0.6 is 0 Å². The lowest BCUT2D eigenvalue weighted by Gasteiger charge is -2.35. The second kappa shape index (κ2) is 8.03. The number of benzene rings is 1. The first-order valence-electron chi connectivity index (χ1n) is 7.71. The van der Waals surface area contributed by atoms with E-state index in [9.17, 15) is 4.79 Å². The molecule has 1 N–H and O–H groups in total. The van der Waals surface area contributed by atoms with Gasteiger partial charge in [0, 0.05) is 18.8 Å². The number of anilines is 1. The zero-order valence-corrected chi connectivity index (χ0v) is 13.9. The number of hydrogen-bond acceptors (Lipinski definition) is 4. The second-order valence-electron chi connectivity index (χ2n) is 5.38. The highest BCUT2D eigenvalue weighted by Crippen LogP contribution is 2.22. The molecule has 0 aliphatic carbocycles. The van der Waals surface area contributed by atoms with E-state index < -0.39 is 5.54 Å². The molecule has 4 heteroatoms. The van der Waals surface area contributed by atoms with Crippen molar-refractivity contribution in [1.82, 2.24) is 5.32 Å². The van der Waals surface area contributed by atoms with Gasteiger partial charge in [-0.05, 0) is 45.9 Å². The van der Waals surface area contributed by atoms with Gasteiger partial charge in [0.25, 0.3) is 0 Å². The summed E-state index contributed by atoms with van der Waals surface area (Å²) in [6.07, 6.45) is 0. The summed E-state index contributed by atoms with van der Waals surface area (Å²) in [5, 5.41) is 3.28. The topological polar surface area (TPSA) is 41.6 Å². The molecule has 0 saturated carbocycles. The van der Waals surface area contributed by atoms with Gasteiger partial charge in [0.05, 0.1) is 6.61 Å². The van der Waals surface area contributed by atoms with E-state index in [1.54, 1.807) is 0 Å². The number of likely N-dealkylation sites (N-methyl/N-ethyl adjacent to an activating group) is 2. The monoisotopic (exact) mass is 292 g/mol. The van der Waals surface area contributed by atoms with Gasteiger partial charge in [0.1, 0.15) is 5.54 Å². The molecule has 0 heterocycles. The maximum atomic E-state index is 12.3. The average Bonchev–Trinajstić information content (AvgIpc) is 2.46. The first kappa shape index (κ1) is 17.5. The summed E-state index contributed by atoms with van der Waals surface area (Å²) >= 11 is 0. The SMILES string of the molecule is CCNC(C)(CN(CC)c1ccccc1C)C(=O)OCC. The molecule has 0 bridgehead atoms. The van der Waals surface area contributed by atoms with Crippen LogP contribution in [0.3, 0.4) is 0 Å². The molecule has 0 spiro atoms. The van der Waals surface area contributed by atoms with Crippen LogP contribution in [0.25, 0.3) is 0 Å². The standard InChI is InChI=1S/C17H28N2O2/c1-6-18-17(5,16(20)21-8-3)13-19(7-2)15-12-10-9-11-14(15)4/h9-12,18H,6-8,13H2,1-5H3. The third kappa shape index (κ3) is 4.46. The van der Waals surface area contributed by atoms with E-state index in [2.05, 4.69) is 36.2 Å². The largest absolute Gasteiger partial charge is 0.465 e. The number of carbonyl (C=O) groups is 1. The maximum Gasteiger partial charge on any atom is 0.327 e. The van der Waals surface area contributed by atoms with E-state index >= 15 is 0 Å². The summed E-state index contributed by atoms with van der Waals surface area (Å²) in [4.78, 5) is 14.5. The summed E-state index contributed by atoms with van der Waals surface area (Å²) in [5.74, 6) is -0.195. The van der Waals surface area contributed by atoms with E-state index in [1.807, 2.05) is 32.9 Å². The number of nitrogens with one attached hydrogen (secondary N) is 1. The van der Waals surface area contributed by atoms with Gasteiger partial charge in [-0.15, -0.1) is 0 Å². The van der Waals surface area contributed by atoms with Crippen molar-refractivity contribution in [3.63, 3.8) is 0 Å².